The lowest BCUT2D eigenvalue weighted by Crippen LogP contribution is -2.26. The third-order valence-electron chi connectivity index (χ3n) is 3.54. The summed E-state index contributed by atoms with van der Waals surface area (Å²) in [6, 6.07) is 8.38. The van der Waals surface area contributed by atoms with Crippen LogP contribution in [0.15, 0.2) is 24.3 Å². The second-order valence-corrected chi connectivity index (χ2v) is 6.64. The summed E-state index contributed by atoms with van der Waals surface area (Å²) < 4.78 is 0. The molecule has 1 aliphatic heterocycles. The Morgan fingerprint density at radius 1 is 1.26 bits per heavy atom. The molecule has 1 N–H and O–H groups in total. The van der Waals surface area contributed by atoms with E-state index in [0.29, 0.717) is 6.04 Å². The van der Waals surface area contributed by atoms with Gasteiger partial charge in [0.25, 0.3) is 0 Å². The fourth-order valence-corrected chi connectivity index (χ4v) is 3.68. The molecule has 0 amide bonds. The summed E-state index contributed by atoms with van der Waals surface area (Å²) in [5, 5.41) is 5.56. The molecule has 1 atom stereocenters. The fraction of sp³-hybridized carbons (Fsp3) is 0.400. The largest absolute Gasteiger partial charge is 0.308 e. The highest BCUT2D eigenvalue weighted by Gasteiger charge is 2.20. The Morgan fingerprint density at radius 3 is 2.74 bits per heavy atom. The van der Waals surface area contributed by atoms with Gasteiger partial charge in [0.2, 0.25) is 0 Å². The zero-order valence-corrected chi connectivity index (χ0v) is 12.5. The molecule has 0 spiro atoms. The van der Waals surface area contributed by atoms with E-state index < -0.39 is 0 Å². The number of halogens is 1. The number of aryl methyl sites for hydroxylation is 1. The van der Waals surface area contributed by atoms with Gasteiger partial charge in [-0.25, -0.2) is 4.98 Å². The van der Waals surface area contributed by atoms with Gasteiger partial charge in [-0.3, -0.25) is 0 Å². The zero-order chi connectivity index (χ0) is 13.2. The molecule has 0 saturated carbocycles. The third kappa shape index (κ3) is 2.83. The van der Waals surface area contributed by atoms with Gasteiger partial charge in [-0.2, -0.15) is 0 Å². The van der Waals surface area contributed by atoms with E-state index in [2.05, 4.69) is 12.2 Å². The van der Waals surface area contributed by atoms with Crippen LogP contribution in [0.2, 0.25) is 5.02 Å². The number of aromatic nitrogens is 1. The van der Waals surface area contributed by atoms with Gasteiger partial charge in [0, 0.05) is 15.5 Å². The Kier molecular flexibility index (Phi) is 3.87. The van der Waals surface area contributed by atoms with E-state index in [0.717, 1.165) is 22.8 Å². The molecule has 1 aromatic heterocycles. The van der Waals surface area contributed by atoms with Crippen molar-refractivity contribution in [3.05, 3.63) is 39.2 Å². The monoisotopic (exact) mass is 292 g/mol. The van der Waals surface area contributed by atoms with E-state index in [9.17, 15) is 0 Å². The minimum Gasteiger partial charge on any atom is -0.308 e. The van der Waals surface area contributed by atoms with Crippen molar-refractivity contribution < 1.29 is 0 Å². The van der Waals surface area contributed by atoms with Crippen LogP contribution in [0, 0.1) is 6.92 Å². The van der Waals surface area contributed by atoms with Gasteiger partial charge in [0.05, 0.1) is 11.7 Å². The van der Waals surface area contributed by atoms with Crippen LogP contribution in [0.3, 0.4) is 0 Å². The number of piperidine rings is 1. The Bertz CT molecular complexity index is 556. The summed E-state index contributed by atoms with van der Waals surface area (Å²) in [5.41, 5.74) is 2.25. The number of thiazole rings is 1. The van der Waals surface area contributed by atoms with Gasteiger partial charge in [-0.15, -0.1) is 11.3 Å². The summed E-state index contributed by atoms with van der Waals surface area (Å²) in [5.74, 6) is 0. The normalized spacial score (nSPS) is 19.6. The van der Waals surface area contributed by atoms with Crippen molar-refractivity contribution in [3.63, 3.8) is 0 Å². The van der Waals surface area contributed by atoms with Crippen LogP contribution in [-0.4, -0.2) is 11.5 Å². The van der Waals surface area contributed by atoms with Gasteiger partial charge < -0.3 is 5.32 Å². The number of nitrogens with zero attached hydrogens (tertiary/aromatic N) is 1. The number of hydrogen-bond acceptors (Lipinski definition) is 3. The second kappa shape index (κ2) is 5.61. The first-order chi connectivity index (χ1) is 9.24. The lowest BCUT2D eigenvalue weighted by Gasteiger charge is -2.21. The molecule has 1 unspecified atom stereocenters. The summed E-state index contributed by atoms with van der Waals surface area (Å²) in [7, 11) is 0. The second-order valence-electron chi connectivity index (χ2n) is 4.97. The molecule has 1 fully saturated rings. The number of nitrogens with one attached hydrogen (secondary N) is 1. The van der Waals surface area contributed by atoms with Crippen molar-refractivity contribution in [3.8, 4) is 11.3 Å². The molecular formula is C15H17ClN2S. The minimum absolute atomic E-state index is 0.443. The highest BCUT2D eigenvalue weighted by Crippen LogP contribution is 2.33. The molecular weight excluding hydrogens is 276 g/mol. The Balaban J connectivity index is 1.90. The topological polar surface area (TPSA) is 24.9 Å². The van der Waals surface area contributed by atoms with E-state index in [-0.39, 0.29) is 0 Å². The highest BCUT2D eigenvalue weighted by atomic mass is 35.5. The van der Waals surface area contributed by atoms with E-state index in [1.807, 2.05) is 35.6 Å². The molecule has 2 nitrogen and oxygen atoms in total. The van der Waals surface area contributed by atoms with Gasteiger partial charge in [0.15, 0.2) is 0 Å². The van der Waals surface area contributed by atoms with Gasteiger partial charge >= 0.3 is 0 Å². The van der Waals surface area contributed by atoms with Crippen molar-refractivity contribution in [1.29, 1.82) is 0 Å². The maximum Gasteiger partial charge on any atom is 0.111 e. The molecule has 1 aliphatic rings. The number of benzene rings is 1. The zero-order valence-electron chi connectivity index (χ0n) is 10.9. The molecule has 0 bridgehead atoms. The minimum atomic E-state index is 0.443. The van der Waals surface area contributed by atoms with Crippen LogP contribution < -0.4 is 5.32 Å². The SMILES string of the molecule is Cc1sc(C2CCCCN2)nc1-c1ccc(Cl)cc1. The first-order valence-corrected chi connectivity index (χ1v) is 7.90. The standard InChI is InChI=1S/C15H17ClN2S/c1-10-14(11-5-7-12(16)8-6-11)18-15(19-10)13-4-2-3-9-17-13/h5-8,13,17H,2-4,9H2,1H3. The van der Waals surface area contributed by atoms with Crippen LogP contribution >= 0.6 is 22.9 Å². The molecule has 2 heterocycles. The Labute approximate surface area is 122 Å². The van der Waals surface area contributed by atoms with Crippen LogP contribution in [0.5, 0.6) is 0 Å². The van der Waals surface area contributed by atoms with Crippen molar-refractivity contribution in [1.82, 2.24) is 10.3 Å². The summed E-state index contributed by atoms with van der Waals surface area (Å²) in [4.78, 5) is 6.13. The molecule has 1 aromatic carbocycles. The lowest BCUT2D eigenvalue weighted by atomic mass is 10.1. The van der Waals surface area contributed by atoms with E-state index in [4.69, 9.17) is 16.6 Å². The molecule has 100 valence electrons. The van der Waals surface area contributed by atoms with Crippen molar-refractivity contribution in [2.24, 2.45) is 0 Å². The molecule has 0 radical (unpaired) electrons. The average molecular weight is 293 g/mol. The van der Waals surface area contributed by atoms with Crippen molar-refractivity contribution in [2.45, 2.75) is 32.2 Å². The lowest BCUT2D eigenvalue weighted by molar-refractivity contribution is 0.411. The van der Waals surface area contributed by atoms with E-state index in [1.165, 1.54) is 29.1 Å². The highest BCUT2D eigenvalue weighted by molar-refractivity contribution is 7.12. The van der Waals surface area contributed by atoms with Crippen LogP contribution in [0.1, 0.15) is 35.2 Å². The average Bonchev–Trinajstić information content (AvgIpc) is 2.83. The van der Waals surface area contributed by atoms with Crippen LogP contribution in [0.4, 0.5) is 0 Å². The first kappa shape index (κ1) is 13.1. The maximum absolute atomic E-state index is 5.94. The molecule has 1 saturated heterocycles. The first-order valence-electron chi connectivity index (χ1n) is 6.70. The fourth-order valence-electron chi connectivity index (χ4n) is 2.50. The van der Waals surface area contributed by atoms with Crippen LogP contribution in [0.25, 0.3) is 11.3 Å². The third-order valence-corrected chi connectivity index (χ3v) is 4.88. The predicted octanol–water partition coefficient (Wildman–Crippen LogP) is 4.59. The quantitative estimate of drug-likeness (QED) is 0.876. The van der Waals surface area contributed by atoms with E-state index >= 15 is 0 Å². The Morgan fingerprint density at radius 2 is 2.05 bits per heavy atom. The van der Waals surface area contributed by atoms with Gasteiger partial charge in [-0.1, -0.05) is 30.2 Å². The summed E-state index contributed by atoms with van der Waals surface area (Å²) >= 11 is 7.75. The summed E-state index contributed by atoms with van der Waals surface area (Å²) in [6.07, 6.45) is 3.78. The molecule has 2 aromatic rings. The summed E-state index contributed by atoms with van der Waals surface area (Å²) in [6.45, 7) is 3.26. The Hall–Kier alpha value is -0.900. The molecule has 3 rings (SSSR count). The molecule has 19 heavy (non-hydrogen) atoms. The molecule has 4 heteroatoms. The van der Waals surface area contributed by atoms with Crippen LogP contribution in [-0.2, 0) is 0 Å². The number of hydrogen-bond donors (Lipinski definition) is 1. The van der Waals surface area contributed by atoms with Gasteiger partial charge in [0.1, 0.15) is 5.01 Å². The smallest absolute Gasteiger partial charge is 0.111 e. The maximum atomic E-state index is 5.94. The van der Waals surface area contributed by atoms with Gasteiger partial charge in [-0.05, 0) is 38.4 Å². The van der Waals surface area contributed by atoms with E-state index in [1.54, 1.807) is 0 Å². The predicted molar refractivity (Wildman–Crippen MR) is 81.9 cm³/mol. The number of rotatable bonds is 2. The van der Waals surface area contributed by atoms with Crippen molar-refractivity contribution >= 4 is 22.9 Å². The molecule has 0 aliphatic carbocycles. The van der Waals surface area contributed by atoms with Crippen molar-refractivity contribution in [2.75, 3.05) is 6.54 Å².